The fraction of sp³-hybridized carbons (Fsp3) is 0.250. The Kier molecular flexibility index (Phi) is 3.46. The number of imidazole rings is 1. The van der Waals surface area contributed by atoms with Gasteiger partial charge in [-0.05, 0) is 12.2 Å². The number of allylic oxidation sites excluding steroid dienone is 1. The second-order valence-electron chi connectivity index (χ2n) is 2.96. The molecule has 0 bridgehead atoms. The van der Waals surface area contributed by atoms with Crippen molar-refractivity contribution in [1.82, 2.24) is 9.55 Å². The number of aromatic nitrogens is 2. The Labute approximate surface area is 85.3 Å². The number of aryl methyl sites for hydroxylation is 1. The van der Waals surface area contributed by atoms with E-state index in [0.29, 0.717) is 0 Å². The molecule has 0 aliphatic carbocycles. The van der Waals surface area contributed by atoms with Gasteiger partial charge in [-0.25, -0.2) is 4.98 Å². The van der Waals surface area contributed by atoms with Crippen LogP contribution in [0.15, 0.2) is 25.8 Å². The molecule has 0 radical (unpaired) electrons. The van der Waals surface area contributed by atoms with E-state index in [2.05, 4.69) is 36.2 Å². The molecule has 1 rings (SSSR count). The van der Waals surface area contributed by atoms with E-state index < -0.39 is 0 Å². The van der Waals surface area contributed by atoms with Crippen molar-refractivity contribution in [3.63, 3.8) is 0 Å². The number of hydrogen-bond acceptors (Lipinski definition) is 1. The number of rotatable bonds is 5. The van der Waals surface area contributed by atoms with Crippen LogP contribution in [0, 0.1) is 0 Å². The van der Waals surface area contributed by atoms with Crippen LogP contribution in [0.1, 0.15) is 24.1 Å². The van der Waals surface area contributed by atoms with Crippen LogP contribution in [0.3, 0.4) is 0 Å². The van der Waals surface area contributed by atoms with Gasteiger partial charge >= 0.3 is 0 Å². The Hall–Kier alpha value is -1.57. The molecule has 0 saturated heterocycles. The Bertz CT molecular complexity index is 359. The molecule has 0 atom stereocenters. The van der Waals surface area contributed by atoms with Crippen LogP contribution in [0.4, 0.5) is 0 Å². The Morgan fingerprint density at radius 1 is 1.29 bits per heavy atom. The highest BCUT2D eigenvalue weighted by atomic mass is 15.1. The van der Waals surface area contributed by atoms with Crippen LogP contribution >= 0.6 is 0 Å². The Balaban J connectivity index is 3.31. The van der Waals surface area contributed by atoms with E-state index in [1.165, 1.54) is 0 Å². The maximum atomic E-state index is 4.46. The molecule has 1 aromatic heterocycles. The smallest absolute Gasteiger partial charge is 0.109 e. The van der Waals surface area contributed by atoms with E-state index in [0.717, 1.165) is 30.2 Å². The van der Waals surface area contributed by atoms with Gasteiger partial charge in [-0.2, -0.15) is 0 Å². The van der Waals surface area contributed by atoms with Crippen LogP contribution in [-0.4, -0.2) is 9.55 Å². The molecule has 0 aromatic carbocycles. The van der Waals surface area contributed by atoms with Gasteiger partial charge in [0, 0.05) is 13.0 Å². The van der Waals surface area contributed by atoms with E-state index in [9.17, 15) is 0 Å². The maximum Gasteiger partial charge on any atom is 0.109 e. The molecule has 0 spiro atoms. The first-order chi connectivity index (χ1) is 6.78. The topological polar surface area (TPSA) is 17.8 Å². The molecule has 2 nitrogen and oxygen atoms in total. The molecule has 0 fully saturated rings. The number of hydrogen-bond donors (Lipinski definition) is 0. The molecule has 74 valence electrons. The molecule has 0 amide bonds. The molecule has 0 aliphatic rings. The van der Waals surface area contributed by atoms with Gasteiger partial charge in [-0.15, -0.1) is 6.58 Å². The van der Waals surface area contributed by atoms with E-state index in [-0.39, 0.29) is 0 Å². The minimum absolute atomic E-state index is 0.769. The van der Waals surface area contributed by atoms with Gasteiger partial charge < -0.3 is 4.57 Å². The van der Waals surface area contributed by atoms with Crippen molar-refractivity contribution in [3.05, 3.63) is 43.0 Å². The van der Waals surface area contributed by atoms with Crippen molar-refractivity contribution < 1.29 is 0 Å². The summed E-state index contributed by atoms with van der Waals surface area (Å²) in [5.41, 5.74) is 1.93. The van der Waals surface area contributed by atoms with Crippen LogP contribution in [0.2, 0.25) is 0 Å². The Morgan fingerprint density at radius 2 is 2.00 bits per heavy atom. The summed E-state index contributed by atoms with van der Waals surface area (Å²) in [6.07, 6.45) is 6.34. The van der Waals surface area contributed by atoms with Gasteiger partial charge in [0.25, 0.3) is 0 Å². The first-order valence-electron chi connectivity index (χ1n) is 4.73. The van der Waals surface area contributed by atoms with Gasteiger partial charge in [-0.3, -0.25) is 0 Å². The molecule has 0 unspecified atom stereocenters. The zero-order valence-corrected chi connectivity index (χ0v) is 8.66. The SMILES string of the molecule is C=CCn1c(CC)nc(C=C)c1C=C. The first kappa shape index (κ1) is 10.5. The van der Waals surface area contributed by atoms with Crippen LogP contribution in [0.25, 0.3) is 12.2 Å². The van der Waals surface area contributed by atoms with E-state index in [1.807, 2.05) is 12.2 Å². The van der Waals surface area contributed by atoms with Gasteiger partial charge in [0.2, 0.25) is 0 Å². The lowest BCUT2D eigenvalue weighted by atomic mass is 10.3. The summed E-state index contributed by atoms with van der Waals surface area (Å²) in [5.74, 6) is 1.05. The first-order valence-corrected chi connectivity index (χ1v) is 4.73. The minimum Gasteiger partial charge on any atom is -0.324 e. The van der Waals surface area contributed by atoms with Crippen molar-refractivity contribution >= 4 is 12.2 Å². The molecule has 1 aromatic rings. The van der Waals surface area contributed by atoms with Crippen molar-refractivity contribution in [2.75, 3.05) is 0 Å². The highest BCUT2D eigenvalue weighted by Gasteiger charge is 2.09. The maximum absolute atomic E-state index is 4.46. The minimum atomic E-state index is 0.769. The summed E-state index contributed by atoms with van der Waals surface area (Å²) in [6.45, 7) is 14.1. The normalized spacial score (nSPS) is 9.79. The predicted octanol–water partition coefficient (Wildman–Crippen LogP) is 2.92. The van der Waals surface area contributed by atoms with Gasteiger partial charge in [0.05, 0.1) is 11.4 Å². The quantitative estimate of drug-likeness (QED) is 0.650. The highest BCUT2D eigenvalue weighted by Crippen LogP contribution is 2.15. The lowest BCUT2D eigenvalue weighted by Gasteiger charge is -2.05. The average molecular weight is 188 g/mol. The lowest BCUT2D eigenvalue weighted by molar-refractivity contribution is 0.742. The highest BCUT2D eigenvalue weighted by molar-refractivity contribution is 5.58. The average Bonchev–Trinajstić information content (AvgIpc) is 2.56. The van der Waals surface area contributed by atoms with Gasteiger partial charge in [-0.1, -0.05) is 26.2 Å². The van der Waals surface area contributed by atoms with E-state index in [4.69, 9.17) is 0 Å². The zero-order chi connectivity index (χ0) is 10.6. The molecule has 1 heterocycles. The van der Waals surface area contributed by atoms with E-state index >= 15 is 0 Å². The lowest BCUT2D eigenvalue weighted by Crippen LogP contribution is -2.02. The van der Waals surface area contributed by atoms with E-state index in [1.54, 1.807) is 6.08 Å². The molecule has 0 saturated carbocycles. The predicted molar refractivity (Wildman–Crippen MR) is 62.0 cm³/mol. The molecule has 2 heteroatoms. The summed E-state index contributed by atoms with van der Waals surface area (Å²) >= 11 is 0. The van der Waals surface area contributed by atoms with Crippen LogP contribution < -0.4 is 0 Å². The third-order valence-corrected chi connectivity index (χ3v) is 2.13. The third-order valence-electron chi connectivity index (χ3n) is 2.13. The van der Waals surface area contributed by atoms with Gasteiger partial charge in [0.1, 0.15) is 5.82 Å². The molecular weight excluding hydrogens is 172 g/mol. The van der Waals surface area contributed by atoms with Gasteiger partial charge in [0.15, 0.2) is 0 Å². The summed E-state index contributed by atoms with van der Waals surface area (Å²) in [6, 6.07) is 0. The van der Waals surface area contributed by atoms with Crippen LogP contribution in [0.5, 0.6) is 0 Å². The monoisotopic (exact) mass is 188 g/mol. The van der Waals surface area contributed by atoms with Crippen molar-refractivity contribution in [2.24, 2.45) is 0 Å². The van der Waals surface area contributed by atoms with Crippen LogP contribution in [-0.2, 0) is 13.0 Å². The third kappa shape index (κ3) is 1.69. The van der Waals surface area contributed by atoms with Crippen molar-refractivity contribution in [3.8, 4) is 0 Å². The molecule has 14 heavy (non-hydrogen) atoms. The molecule has 0 N–H and O–H groups in total. The summed E-state index contributed by atoms with van der Waals surface area (Å²) in [4.78, 5) is 4.46. The second-order valence-corrected chi connectivity index (χ2v) is 2.96. The fourth-order valence-corrected chi connectivity index (χ4v) is 1.50. The summed E-state index contributed by atoms with van der Waals surface area (Å²) < 4.78 is 2.11. The Morgan fingerprint density at radius 3 is 2.43 bits per heavy atom. The fourth-order valence-electron chi connectivity index (χ4n) is 1.50. The molecular formula is C12H16N2. The summed E-state index contributed by atoms with van der Waals surface area (Å²) in [5, 5.41) is 0. The zero-order valence-electron chi connectivity index (χ0n) is 8.66. The summed E-state index contributed by atoms with van der Waals surface area (Å²) in [7, 11) is 0. The van der Waals surface area contributed by atoms with Crippen molar-refractivity contribution in [1.29, 1.82) is 0 Å². The standard InChI is InChI=1S/C12H16N2/c1-5-9-14-11(7-3)10(6-2)13-12(14)8-4/h5-7H,1-3,8-9H2,4H3. The molecule has 0 aliphatic heterocycles. The largest absolute Gasteiger partial charge is 0.324 e. The number of nitrogens with zero attached hydrogens (tertiary/aromatic N) is 2. The second kappa shape index (κ2) is 4.61. The van der Waals surface area contributed by atoms with Crippen molar-refractivity contribution in [2.45, 2.75) is 19.9 Å².